The number of nitrogens with zero attached hydrogens (tertiary/aromatic N) is 2. The smallest absolute Gasteiger partial charge is 0.224 e. The molecule has 0 bridgehead atoms. The monoisotopic (exact) mass is 321 g/mol. The van der Waals surface area contributed by atoms with E-state index < -0.39 is 0 Å². The molecule has 1 N–H and O–H groups in total. The highest BCUT2D eigenvalue weighted by molar-refractivity contribution is 5.78. The molecule has 1 heterocycles. The summed E-state index contributed by atoms with van der Waals surface area (Å²) in [7, 11) is 0. The number of carbonyl (C=O) groups is 1. The highest BCUT2D eigenvalue weighted by Gasteiger charge is 2.13. The van der Waals surface area contributed by atoms with Crippen LogP contribution in [0.4, 0.5) is 0 Å². The van der Waals surface area contributed by atoms with E-state index >= 15 is 0 Å². The van der Waals surface area contributed by atoms with Crippen LogP contribution in [0.15, 0.2) is 54.6 Å². The molecule has 3 aromatic rings. The maximum Gasteiger partial charge on any atom is 0.224 e. The van der Waals surface area contributed by atoms with Gasteiger partial charge in [-0.15, -0.1) is 0 Å². The van der Waals surface area contributed by atoms with Crippen molar-refractivity contribution in [3.8, 4) is 0 Å². The molecular formula is C20H23N3O. The Hall–Kier alpha value is -2.62. The summed E-state index contributed by atoms with van der Waals surface area (Å²) in [6.07, 6.45) is 1.15. The first-order valence-electron chi connectivity index (χ1n) is 8.41. The van der Waals surface area contributed by atoms with Crippen molar-refractivity contribution in [1.29, 1.82) is 0 Å². The number of rotatable bonds is 6. The third kappa shape index (κ3) is 3.65. The Bertz CT molecular complexity index is 821. The number of hydrogen-bond acceptors (Lipinski definition) is 2. The van der Waals surface area contributed by atoms with Crippen LogP contribution in [0, 0.1) is 0 Å². The van der Waals surface area contributed by atoms with Gasteiger partial charge in [-0.05, 0) is 31.5 Å². The van der Waals surface area contributed by atoms with Crippen LogP contribution in [0.1, 0.15) is 31.3 Å². The Balaban J connectivity index is 1.63. The quantitative estimate of drug-likeness (QED) is 0.755. The van der Waals surface area contributed by atoms with Crippen molar-refractivity contribution in [3.05, 3.63) is 66.0 Å². The number of carbonyl (C=O) groups excluding carboxylic acids is 1. The number of benzene rings is 2. The molecular weight excluding hydrogens is 298 g/mol. The van der Waals surface area contributed by atoms with E-state index in [0.29, 0.717) is 19.0 Å². The van der Waals surface area contributed by atoms with E-state index in [2.05, 4.69) is 29.8 Å². The van der Waals surface area contributed by atoms with Crippen LogP contribution < -0.4 is 5.32 Å². The van der Waals surface area contributed by atoms with E-state index in [1.165, 1.54) is 0 Å². The minimum Gasteiger partial charge on any atom is -0.355 e. The summed E-state index contributed by atoms with van der Waals surface area (Å²) in [4.78, 5) is 16.8. The van der Waals surface area contributed by atoms with Crippen LogP contribution in [-0.2, 0) is 17.6 Å². The SMILES string of the molecule is CC(C)n1c(CCNC(=O)Cc2ccccc2)nc2ccccc21. The van der Waals surface area contributed by atoms with Crippen LogP contribution in [0.5, 0.6) is 0 Å². The average molecular weight is 321 g/mol. The van der Waals surface area contributed by atoms with Crippen molar-refractivity contribution in [2.75, 3.05) is 6.54 Å². The van der Waals surface area contributed by atoms with E-state index in [9.17, 15) is 4.79 Å². The first kappa shape index (κ1) is 16.2. The fraction of sp³-hybridized carbons (Fsp3) is 0.300. The fourth-order valence-electron chi connectivity index (χ4n) is 3.00. The van der Waals surface area contributed by atoms with Gasteiger partial charge < -0.3 is 9.88 Å². The molecule has 0 saturated heterocycles. The summed E-state index contributed by atoms with van der Waals surface area (Å²) < 4.78 is 2.25. The van der Waals surface area contributed by atoms with Crippen molar-refractivity contribution in [2.24, 2.45) is 0 Å². The molecule has 0 aliphatic rings. The molecule has 3 rings (SSSR count). The first-order chi connectivity index (χ1) is 11.6. The summed E-state index contributed by atoms with van der Waals surface area (Å²) in [6, 6.07) is 18.3. The Labute approximate surface area is 142 Å². The van der Waals surface area contributed by atoms with Crippen molar-refractivity contribution in [1.82, 2.24) is 14.9 Å². The first-order valence-corrected chi connectivity index (χ1v) is 8.41. The number of amides is 1. The second-order valence-corrected chi connectivity index (χ2v) is 6.24. The lowest BCUT2D eigenvalue weighted by Gasteiger charge is -2.13. The second-order valence-electron chi connectivity index (χ2n) is 6.24. The lowest BCUT2D eigenvalue weighted by molar-refractivity contribution is -0.120. The summed E-state index contributed by atoms with van der Waals surface area (Å²) in [5.74, 6) is 1.07. The normalized spacial score (nSPS) is 11.1. The van der Waals surface area contributed by atoms with Gasteiger partial charge in [-0.3, -0.25) is 4.79 Å². The highest BCUT2D eigenvalue weighted by atomic mass is 16.1. The predicted molar refractivity (Wildman–Crippen MR) is 97.0 cm³/mol. The topological polar surface area (TPSA) is 46.9 Å². The molecule has 0 radical (unpaired) electrons. The van der Waals surface area contributed by atoms with Gasteiger partial charge in [0.25, 0.3) is 0 Å². The zero-order valence-corrected chi connectivity index (χ0v) is 14.2. The molecule has 0 aliphatic heterocycles. The molecule has 4 heteroatoms. The molecule has 0 unspecified atom stereocenters. The lowest BCUT2D eigenvalue weighted by atomic mass is 10.1. The van der Waals surface area contributed by atoms with E-state index in [4.69, 9.17) is 4.98 Å². The number of nitrogens with one attached hydrogen (secondary N) is 1. The number of fused-ring (bicyclic) bond motifs is 1. The summed E-state index contributed by atoms with van der Waals surface area (Å²) in [5.41, 5.74) is 3.19. The van der Waals surface area contributed by atoms with Gasteiger partial charge in [-0.2, -0.15) is 0 Å². The molecule has 24 heavy (non-hydrogen) atoms. The molecule has 0 aliphatic carbocycles. The van der Waals surface area contributed by atoms with E-state index in [0.717, 1.165) is 28.8 Å². The van der Waals surface area contributed by atoms with Crippen LogP contribution in [-0.4, -0.2) is 22.0 Å². The standard InChI is InChI=1S/C20H23N3O/c1-15(2)23-18-11-7-6-10-17(18)22-19(23)12-13-21-20(24)14-16-8-4-3-5-9-16/h3-11,15H,12-14H2,1-2H3,(H,21,24). The molecule has 4 nitrogen and oxygen atoms in total. The fourth-order valence-corrected chi connectivity index (χ4v) is 3.00. The third-order valence-electron chi connectivity index (χ3n) is 4.06. The van der Waals surface area contributed by atoms with Gasteiger partial charge in [0.05, 0.1) is 17.5 Å². The Morgan fingerprint density at radius 3 is 2.54 bits per heavy atom. The van der Waals surface area contributed by atoms with Crippen molar-refractivity contribution < 1.29 is 4.79 Å². The zero-order chi connectivity index (χ0) is 16.9. The Kier molecular flexibility index (Phi) is 4.94. The second kappa shape index (κ2) is 7.30. The van der Waals surface area contributed by atoms with Gasteiger partial charge >= 0.3 is 0 Å². The third-order valence-corrected chi connectivity index (χ3v) is 4.06. The number of imidazole rings is 1. The van der Waals surface area contributed by atoms with Gasteiger partial charge in [-0.1, -0.05) is 42.5 Å². The summed E-state index contributed by atoms with van der Waals surface area (Å²) in [6.45, 7) is 4.92. The molecule has 0 spiro atoms. The van der Waals surface area contributed by atoms with Gasteiger partial charge in [0.2, 0.25) is 5.91 Å². The Morgan fingerprint density at radius 1 is 1.08 bits per heavy atom. The van der Waals surface area contributed by atoms with Crippen LogP contribution >= 0.6 is 0 Å². The summed E-state index contributed by atoms with van der Waals surface area (Å²) >= 11 is 0. The highest BCUT2D eigenvalue weighted by Crippen LogP contribution is 2.20. The van der Waals surface area contributed by atoms with Crippen molar-refractivity contribution in [2.45, 2.75) is 32.7 Å². The number of aromatic nitrogens is 2. The van der Waals surface area contributed by atoms with Gasteiger partial charge in [0.15, 0.2) is 0 Å². The number of hydrogen-bond donors (Lipinski definition) is 1. The van der Waals surface area contributed by atoms with E-state index in [1.54, 1.807) is 0 Å². The molecule has 1 aromatic heterocycles. The van der Waals surface area contributed by atoms with E-state index in [-0.39, 0.29) is 5.91 Å². The largest absolute Gasteiger partial charge is 0.355 e. The van der Waals surface area contributed by atoms with Crippen LogP contribution in [0.25, 0.3) is 11.0 Å². The molecule has 2 aromatic carbocycles. The predicted octanol–water partition coefficient (Wildman–Crippen LogP) is 3.52. The van der Waals surface area contributed by atoms with Crippen LogP contribution in [0.3, 0.4) is 0 Å². The maximum absolute atomic E-state index is 12.1. The van der Waals surface area contributed by atoms with Crippen molar-refractivity contribution >= 4 is 16.9 Å². The average Bonchev–Trinajstić information content (AvgIpc) is 2.94. The number of para-hydroxylation sites is 2. The maximum atomic E-state index is 12.1. The molecule has 124 valence electrons. The molecule has 0 saturated carbocycles. The Morgan fingerprint density at radius 2 is 1.79 bits per heavy atom. The van der Waals surface area contributed by atoms with Gasteiger partial charge in [0.1, 0.15) is 5.82 Å². The van der Waals surface area contributed by atoms with Gasteiger partial charge in [0, 0.05) is 19.0 Å². The summed E-state index contributed by atoms with van der Waals surface area (Å²) in [5, 5.41) is 3.00. The molecule has 0 fully saturated rings. The van der Waals surface area contributed by atoms with Gasteiger partial charge in [-0.25, -0.2) is 4.98 Å². The zero-order valence-electron chi connectivity index (χ0n) is 14.2. The van der Waals surface area contributed by atoms with Crippen LogP contribution in [0.2, 0.25) is 0 Å². The lowest BCUT2D eigenvalue weighted by Crippen LogP contribution is -2.28. The minimum atomic E-state index is 0.0495. The van der Waals surface area contributed by atoms with Crippen molar-refractivity contribution in [3.63, 3.8) is 0 Å². The molecule has 1 amide bonds. The van der Waals surface area contributed by atoms with E-state index in [1.807, 2.05) is 48.5 Å². The molecule has 0 atom stereocenters. The minimum absolute atomic E-state index is 0.0495.